The summed E-state index contributed by atoms with van der Waals surface area (Å²) in [5.74, 6) is 1.42. The van der Waals surface area contributed by atoms with Crippen LogP contribution in [0.1, 0.15) is 56.7 Å². The van der Waals surface area contributed by atoms with Crippen LogP contribution in [0.4, 0.5) is 0 Å². The molecule has 2 N–H and O–H groups in total. The SMILES string of the molecule is O=C(CCCC1CCCC1)NC(CO)c1ccco1. The Balaban J connectivity index is 1.68. The van der Waals surface area contributed by atoms with Gasteiger partial charge in [0.1, 0.15) is 11.8 Å². The van der Waals surface area contributed by atoms with E-state index in [4.69, 9.17) is 4.42 Å². The van der Waals surface area contributed by atoms with Gasteiger partial charge in [-0.1, -0.05) is 25.7 Å². The minimum Gasteiger partial charge on any atom is -0.467 e. The fraction of sp³-hybridized carbons (Fsp3) is 0.667. The molecule has 0 aromatic carbocycles. The molecule has 1 aliphatic rings. The molecule has 1 atom stereocenters. The van der Waals surface area contributed by atoms with E-state index in [2.05, 4.69) is 5.32 Å². The first kappa shape index (κ1) is 14.1. The van der Waals surface area contributed by atoms with Gasteiger partial charge in [-0.05, 0) is 30.9 Å². The fourth-order valence-electron chi connectivity index (χ4n) is 2.81. The lowest BCUT2D eigenvalue weighted by molar-refractivity contribution is -0.122. The highest BCUT2D eigenvalue weighted by Crippen LogP contribution is 2.28. The van der Waals surface area contributed by atoms with E-state index in [1.807, 2.05) is 0 Å². The number of hydrogen-bond donors (Lipinski definition) is 2. The Bertz CT molecular complexity index is 369. The van der Waals surface area contributed by atoms with Crippen molar-refractivity contribution in [1.82, 2.24) is 5.32 Å². The molecule has 1 aromatic rings. The van der Waals surface area contributed by atoms with Gasteiger partial charge in [0.2, 0.25) is 5.91 Å². The molecule has 106 valence electrons. The van der Waals surface area contributed by atoms with Crippen LogP contribution in [0, 0.1) is 5.92 Å². The van der Waals surface area contributed by atoms with Crippen molar-refractivity contribution in [2.75, 3.05) is 6.61 Å². The van der Waals surface area contributed by atoms with Crippen LogP contribution in [-0.4, -0.2) is 17.6 Å². The number of carbonyl (C=O) groups excluding carboxylic acids is 1. The molecule has 1 aromatic heterocycles. The van der Waals surface area contributed by atoms with Crippen molar-refractivity contribution in [3.05, 3.63) is 24.2 Å². The van der Waals surface area contributed by atoms with Gasteiger partial charge in [0, 0.05) is 6.42 Å². The van der Waals surface area contributed by atoms with Gasteiger partial charge in [0.25, 0.3) is 0 Å². The predicted molar refractivity (Wildman–Crippen MR) is 72.5 cm³/mol. The van der Waals surface area contributed by atoms with Crippen LogP contribution in [0.25, 0.3) is 0 Å². The first-order chi connectivity index (χ1) is 9.29. The molecule has 1 amide bonds. The molecule has 1 fully saturated rings. The van der Waals surface area contributed by atoms with E-state index in [0.717, 1.165) is 18.8 Å². The Morgan fingerprint density at radius 1 is 1.47 bits per heavy atom. The third-order valence-corrected chi connectivity index (χ3v) is 3.90. The van der Waals surface area contributed by atoms with E-state index in [0.29, 0.717) is 12.2 Å². The van der Waals surface area contributed by atoms with Crippen LogP contribution in [0.5, 0.6) is 0 Å². The van der Waals surface area contributed by atoms with E-state index >= 15 is 0 Å². The molecule has 4 nitrogen and oxygen atoms in total. The Labute approximate surface area is 114 Å². The zero-order valence-corrected chi connectivity index (χ0v) is 11.3. The second-order valence-corrected chi connectivity index (χ2v) is 5.36. The lowest BCUT2D eigenvalue weighted by atomic mass is 10.0. The molecule has 2 rings (SSSR count). The van der Waals surface area contributed by atoms with Crippen LogP contribution in [-0.2, 0) is 4.79 Å². The number of nitrogens with one attached hydrogen (secondary N) is 1. The van der Waals surface area contributed by atoms with E-state index in [9.17, 15) is 9.90 Å². The molecule has 1 aliphatic carbocycles. The molecular formula is C15H23NO3. The maximum atomic E-state index is 11.8. The molecule has 1 unspecified atom stereocenters. The van der Waals surface area contributed by atoms with Gasteiger partial charge in [-0.3, -0.25) is 4.79 Å². The van der Waals surface area contributed by atoms with Crippen molar-refractivity contribution >= 4 is 5.91 Å². The van der Waals surface area contributed by atoms with E-state index in [-0.39, 0.29) is 12.5 Å². The summed E-state index contributed by atoms with van der Waals surface area (Å²) in [5, 5.41) is 12.1. The molecular weight excluding hydrogens is 242 g/mol. The molecule has 0 radical (unpaired) electrons. The topological polar surface area (TPSA) is 62.5 Å². The van der Waals surface area contributed by atoms with Crippen molar-refractivity contribution in [2.24, 2.45) is 5.92 Å². The minimum absolute atomic E-state index is 0.00607. The fourth-order valence-corrected chi connectivity index (χ4v) is 2.81. The summed E-state index contributed by atoms with van der Waals surface area (Å²) in [4.78, 5) is 11.8. The number of aliphatic hydroxyl groups excluding tert-OH is 1. The number of furan rings is 1. The number of rotatable bonds is 7. The van der Waals surface area contributed by atoms with Crippen molar-refractivity contribution in [3.8, 4) is 0 Å². The quantitative estimate of drug-likeness (QED) is 0.797. The standard InChI is InChI=1S/C15H23NO3/c17-11-13(14-8-4-10-19-14)16-15(18)9-3-7-12-5-1-2-6-12/h4,8,10,12-13,17H,1-3,5-7,9,11H2,(H,16,18). The van der Waals surface area contributed by atoms with Crippen molar-refractivity contribution in [3.63, 3.8) is 0 Å². The summed E-state index contributed by atoms with van der Waals surface area (Å²) in [7, 11) is 0. The smallest absolute Gasteiger partial charge is 0.220 e. The van der Waals surface area contributed by atoms with Gasteiger partial charge < -0.3 is 14.8 Å². The second kappa shape index (κ2) is 7.34. The second-order valence-electron chi connectivity index (χ2n) is 5.36. The van der Waals surface area contributed by atoms with Crippen molar-refractivity contribution < 1.29 is 14.3 Å². The predicted octanol–water partition coefficient (Wildman–Crippen LogP) is 2.79. The molecule has 1 heterocycles. The van der Waals surface area contributed by atoms with Crippen LogP contribution in [0.15, 0.2) is 22.8 Å². The summed E-state index contributed by atoms with van der Waals surface area (Å²) in [6.07, 6.45) is 9.52. The average Bonchev–Trinajstić information content (AvgIpc) is 3.08. The largest absolute Gasteiger partial charge is 0.467 e. The zero-order chi connectivity index (χ0) is 13.5. The monoisotopic (exact) mass is 265 g/mol. The lowest BCUT2D eigenvalue weighted by Crippen LogP contribution is -2.30. The summed E-state index contributed by atoms with van der Waals surface area (Å²) in [6.45, 7) is -0.137. The maximum absolute atomic E-state index is 11.8. The molecule has 0 aliphatic heterocycles. The van der Waals surface area contributed by atoms with Crippen molar-refractivity contribution in [2.45, 2.75) is 51.0 Å². The Morgan fingerprint density at radius 3 is 2.89 bits per heavy atom. The van der Waals surface area contributed by atoms with Gasteiger partial charge in [0.15, 0.2) is 0 Å². The van der Waals surface area contributed by atoms with Gasteiger partial charge in [-0.25, -0.2) is 0 Å². The molecule has 4 heteroatoms. The third kappa shape index (κ3) is 4.39. The third-order valence-electron chi connectivity index (χ3n) is 3.90. The summed E-state index contributed by atoms with van der Waals surface area (Å²) < 4.78 is 5.20. The minimum atomic E-state index is -0.422. The van der Waals surface area contributed by atoms with E-state index in [1.165, 1.54) is 25.7 Å². The molecule has 19 heavy (non-hydrogen) atoms. The van der Waals surface area contributed by atoms with Crippen molar-refractivity contribution in [1.29, 1.82) is 0 Å². The highest BCUT2D eigenvalue weighted by atomic mass is 16.3. The maximum Gasteiger partial charge on any atom is 0.220 e. The number of amides is 1. The highest BCUT2D eigenvalue weighted by molar-refractivity contribution is 5.76. The number of carbonyl (C=O) groups is 1. The highest BCUT2D eigenvalue weighted by Gasteiger charge is 2.17. The lowest BCUT2D eigenvalue weighted by Gasteiger charge is -2.14. The van der Waals surface area contributed by atoms with Crippen LogP contribution < -0.4 is 5.32 Å². The molecule has 1 saturated carbocycles. The molecule has 0 spiro atoms. The summed E-state index contributed by atoms with van der Waals surface area (Å²) in [5.41, 5.74) is 0. The zero-order valence-electron chi connectivity index (χ0n) is 11.3. The van der Waals surface area contributed by atoms with Gasteiger partial charge in [-0.15, -0.1) is 0 Å². The molecule has 0 bridgehead atoms. The Hall–Kier alpha value is -1.29. The number of aliphatic hydroxyl groups is 1. The van der Waals surface area contributed by atoms with E-state index in [1.54, 1.807) is 18.4 Å². The van der Waals surface area contributed by atoms with Gasteiger partial charge in [-0.2, -0.15) is 0 Å². The van der Waals surface area contributed by atoms with Crippen LogP contribution >= 0.6 is 0 Å². The van der Waals surface area contributed by atoms with Crippen LogP contribution in [0.3, 0.4) is 0 Å². The normalized spacial score (nSPS) is 17.5. The Kier molecular flexibility index (Phi) is 5.45. The first-order valence-electron chi connectivity index (χ1n) is 7.23. The molecule has 0 saturated heterocycles. The Morgan fingerprint density at radius 2 is 2.26 bits per heavy atom. The van der Waals surface area contributed by atoms with Gasteiger partial charge >= 0.3 is 0 Å². The summed E-state index contributed by atoms with van der Waals surface area (Å²) in [6, 6.07) is 3.10. The van der Waals surface area contributed by atoms with E-state index < -0.39 is 6.04 Å². The van der Waals surface area contributed by atoms with Gasteiger partial charge in [0.05, 0.1) is 12.9 Å². The average molecular weight is 265 g/mol. The van der Waals surface area contributed by atoms with Crippen LogP contribution in [0.2, 0.25) is 0 Å². The number of hydrogen-bond acceptors (Lipinski definition) is 3. The summed E-state index contributed by atoms with van der Waals surface area (Å²) >= 11 is 0. The first-order valence-corrected chi connectivity index (χ1v) is 7.23.